The molecule has 0 aliphatic heterocycles. The Labute approximate surface area is 54.2 Å². The van der Waals surface area contributed by atoms with Crippen LogP contribution in [0.1, 0.15) is 19.8 Å². The van der Waals surface area contributed by atoms with Crippen molar-refractivity contribution in [2.75, 3.05) is 0 Å². The van der Waals surface area contributed by atoms with Crippen molar-refractivity contribution in [3.8, 4) is 0 Å². The molecule has 0 saturated carbocycles. The summed E-state index contributed by atoms with van der Waals surface area (Å²) in [6, 6.07) is 0. The Morgan fingerprint density at radius 2 is 2.33 bits per heavy atom. The van der Waals surface area contributed by atoms with Crippen LogP contribution in [0.3, 0.4) is 0 Å². The summed E-state index contributed by atoms with van der Waals surface area (Å²) in [6.45, 7) is 1.76. The highest BCUT2D eigenvalue weighted by Crippen LogP contribution is 1.99. The molecule has 0 aromatic carbocycles. The first kappa shape index (κ1) is 8.14. The minimum atomic E-state index is -0.344. The smallest absolute Gasteiger partial charge is 0.217 e. The molecule has 0 fully saturated rings. The number of primary amides is 1. The van der Waals surface area contributed by atoms with Crippen LogP contribution in [0.2, 0.25) is 0 Å². The van der Waals surface area contributed by atoms with E-state index in [1.165, 1.54) is 0 Å². The topological polar surface area (TPSA) is 60.2 Å². The molecular weight excluding hydrogens is 118 g/mol. The van der Waals surface area contributed by atoms with Crippen LogP contribution in [-0.2, 0) is 9.59 Å². The van der Waals surface area contributed by atoms with Crippen LogP contribution >= 0.6 is 0 Å². The Hall–Kier alpha value is -0.860. The SMILES string of the molecule is CC(C=O)CCC(N)=O. The van der Waals surface area contributed by atoms with Gasteiger partial charge in [-0.15, -0.1) is 0 Å². The monoisotopic (exact) mass is 129 g/mol. The molecule has 0 aromatic rings. The van der Waals surface area contributed by atoms with E-state index >= 15 is 0 Å². The third-order valence-electron chi connectivity index (χ3n) is 1.08. The average Bonchev–Trinajstić information content (AvgIpc) is 1.83. The predicted molar refractivity (Wildman–Crippen MR) is 33.7 cm³/mol. The number of rotatable bonds is 4. The fourth-order valence-corrected chi connectivity index (χ4v) is 0.438. The molecule has 3 heteroatoms. The maximum absolute atomic E-state index is 10.1. The first-order chi connectivity index (χ1) is 4.16. The Morgan fingerprint density at radius 3 is 2.67 bits per heavy atom. The van der Waals surface area contributed by atoms with Crippen molar-refractivity contribution in [3.63, 3.8) is 0 Å². The molecule has 2 N–H and O–H groups in total. The molecule has 0 rings (SSSR count). The van der Waals surface area contributed by atoms with Crippen molar-refractivity contribution in [3.05, 3.63) is 0 Å². The standard InChI is InChI=1S/C6H11NO2/c1-5(4-8)2-3-6(7)9/h4-5H,2-3H2,1H3,(H2,7,9). The zero-order chi connectivity index (χ0) is 7.28. The minimum Gasteiger partial charge on any atom is -0.370 e. The first-order valence-electron chi connectivity index (χ1n) is 2.90. The number of aldehydes is 1. The molecule has 0 aromatic heterocycles. The van der Waals surface area contributed by atoms with E-state index in [0.717, 1.165) is 6.29 Å². The molecular formula is C6H11NO2. The fraction of sp³-hybridized carbons (Fsp3) is 0.667. The summed E-state index contributed by atoms with van der Waals surface area (Å²) in [5.41, 5.74) is 4.84. The zero-order valence-corrected chi connectivity index (χ0v) is 5.46. The van der Waals surface area contributed by atoms with Gasteiger partial charge in [-0.25, -0.2) is 0 Å². The normalized spacial score (nSPS) is 12.6. The van der Waals surface area contributed by atoms with Crippen molar-refractivity contribution in [2.45, 2.75) is 19.8 Å². The lowest BCUT2D eigenvalue weighted by Gasteiger charge is -1.97. The van der Waals surface area contributed by atoms with Crippen molar-refractivity contribution in [1.82, 2.24) is 0 Å². The fourth-order valence-electron chi connectivity index (χ4n) is 0.438. The van der Waals surface area contributed by atoms with E-state index in [0.29, 0.717) is 12.8 Å². The Morgan fingerprint density at radius 1 is 1.78 bits per heavy atom. The van der Waals surface area contributed by atoms with Crippen LogP contribution in [0.15, 0.2) is 0 Å². The third-order valence-corrected chi connectivity index (χ3v) is 1.08. The number of nitrogens with two attached hydrogens (primary N) is 1. The number of carbonyl (C=O) groups excluding carboxylic acids is 2. The van der Waals surface area contributed by atoms with Gasteiger partial charge in [0.15, 0.2) is 0 Å². The second-order valence-corrected chi connectivity index (χ2v) is 2.12. The lowest BCUT2D eigenvalue weighted by atomic mass is 10.1. The Kier molecular flexibility index (Phi) is 3.67. The van der Waals surface area contributed by atoms with E-state index in [1.807, 2.05) is 0 Å². The number of hydrogen-bond donors (Lipinski definition) is 1. The molecule has 1 atom stereocenters. The van der Waals surface area contributed by atoms with Gasteiger partial charge >= 0.3 is 0 Å². The first-order valence-corrected chi connectivity index (χ1v) is 2.90. The van der Waals surface area contributed by atoms with E-state index in [9.17, 15) is 9.59 Å². The number of hydrogen-bond acceptors (Lipinski definition) is 2. The van der Waals surface area contributed by atoms with Crippen LogP contribution < -0.4 is 5.73 Å². The molecule has 0 heterocycles. The van der Waals surface area contributed by atoms with E-state index in [2.05, 4.69) is 0 Å². The summed E-state index contributed by atoms with van der Waals surface area (Å²) < 4.78 is 0. The highest BCUT2D eigenvalue weighted by molar-refractivity contribution is 5.74. The summed E-state index contributed by atoms with van der Waals surface area (Å²) in [5.74, 6) is -0.388. The van der Waals surface area contributed by atoms with Crippen LogP contribution in [0.5, 0.6) is 0 Å². The van der Waals surface area contributed by atoms with Gasteiger partial charge in [-0.05, 0) is 6.42 Å². The van der Waals surface area contributed by atoms with E-state index < -0.39 is 0 Å². The van der Waals surface area contributed by atoms with Crippen LogP contribution in [0, 0.1) is 5.92 Å². The van der Waals surface area contributed by atoms with Crippen molar-refractivity contribution in [2.24, 2.45) is 11.7 Å². The van der Waals surface area contributed by atoms with Gasteiger partial charge in [0.1, 0.15) is 6.29 Å². The van der Waals surface area contributed by atoms with Crippen LogP contribution in [-0.4, -0.2) is 12.2 Å². The molecule has 0 aliphatic carbocycles. The molecule has 1 unspecified atom stereocenters. The molecule has 9 heavy (non-hydrogen) atoms. The minimum absolute atomic E-state index is 0.0440. The maximum atomic E-state index is 10.1. The van der Waals surface area contributed by atoms with Gasteiger partial charge < -0.3 is 10.5 Å². The summed E-state index contributed by atoms with van der Waals surface area (Å²) in [6.07, 6.45) is 1.70. The summed E-state index contributed by atoms with van der Waals surface area (Å²) in [5, 5.41) is 0. The quantitative estimate of drug-likeness (QED) is 0.547. The van der Waals surface area contributed by atoms with Gasteiger partial charge in [-0.2, -0.15) is 0 Å². The summed E-state index contributed by atoms with van der Waals surface area (Å²) in [7, 11) is 0. The lowest BCUT2D eigenvalue weighted by molar-refractivity contribution is -0.118. The summed E-state index contributed by atoms with van der Waals surface area (Å²) >= 11 is 0. The van der Waals surface area contributed by atoms with Crippen molar-refractivity contribution in [1.29, 1.82) is 0 Å². The maximum Gasteiger partial charge on any atom is 0.217 e. The number of carbonyl (C=O) groups is 2. The Balaban J connectivity index is 3.26. The van der Waals surface area contributed by atoms with E-state index in [1.54, 1.807) is 6.92 Å². The molecule has 0 bridgehead atoms. The average molecular weight is 129 g/mol. The van der Waals surface area contributed by atoms with Crippen LogP contribution in [0.25, 0.3) is 0 Å². The van der Waals surface area contributed by atoms with E-state index in [4.69, 9.17) is 5.73 Å². The lowest BCUT2D eigenvalue weighted by Crippen LogP contribution is -2.11. The van der Waals surface area contributed by atoms with Gasteiger partial charge in [0.2, 0.25) is 5.91 Å². The van der Waals surface area contributed by atoms with Gasteiger partial charge in [0.25, 0.3) is 0 Å². The number of amides is 1. The van der Waals surface area contributed by atoms with Crippen molar-refractivity contribution >= 4 is 12.2 Å². The molecule has 3 nitrogen and oxygen atoms in total. The molecule has 0 saturated heterocycles. The van der Waals surface area contributed by atoms with Gasteiger partial charge in [0, 0.05) is 12.3 Å². The van der Waals surface area contributed by atoms with E-state index in [-0.39, 0.29) is 11.8 Å². The Bertz CT molecular complexity index is 112. The highest BCUT2D eigenvalue weighted by atomic mass is 16.1. The second kappa shape index (κ2) is 4.06. The summed E-state index contributed by atoms with van der Waals surface area (Å²) in [4.78, 5) is 20.1. The van der Waals surface area contributed by atoms with Gasteiger partial charge in [0.05, 0.1) is 0 Å². The molecule has 0 aliphatic rings. The van der Waals surface area contributed by atoms with Gasteiger partial charge in [-0.3, -0.25) is 4.79 Å². The molecule has 1 amide bonds. The zero-order valence-electron chi connectivity index (χ0n) is 5.46. The molecule has 52 valence electrons. The van der Waals surface area contributed by atoms with Crippen molar-refractivity contribution < 1.29 is 9.59 Å². The third kappa shape index (κ3) is 5.00. The highest BCUT2D eigenvalue weighted by Gasteiger charge is 2.00. The largest absolute Gasteiger partial charge is 0.370 e. The van der Waals surface area contributed by atoms with Crippen LogP contribution in [0.4, 0.5) is 0 Å². The molecule has 0 spiro atoms. The predicted octanol–water partition coefficient (Wildman–Crippen LogP) is 0.0869. The second-order valence-electron chi connectivity index (χ2n) is 2.12. The van der Waals surface area contributed by atoms with Gasteiger partial charge in [-0.1, -0.05) is 6.92 Å². The molecule has 0 radical (unpaired) electrons.